The van der Waals surface area contributed by atoms with Gasteiger partial charge in [0.05, 0.1) is 18.0 Å². The number of thioether (sulfide) groups is 1. The number of hydrogen-bond donors (Lipinski definition) is 4. The Balaban J connectivity index is 1.31. The topological polar surface area (TPSA) is 161 Å². The number of rotatable bonds is 12. The van der Waals surface area contributed by atoms with Gasteiger partial charge in [-0.1, -0.05) is 42.5 Å². The lowest BCUT2D eigenvalue weighted by Gasteiger charge is -2.38. The number of carbonyl (C=O) groups is 4. The Bertz CT molecular complexity index is 1390. The van der Waals surface area contributed by atoms with E-state index in [4.69, 9.17) is 11.5 Å². The molecule has 3 aromatic rings. The molecule has 0 aliphatic carbocycles. The molecule has 0 saturated carbocycles. The molecule has 4 amide bonds. The number of hydrogen-bond acceptors (Lipinski definition) is 7. The molecule has 2 aromatic carbocycles. The van der Waals surface area contributed by atoms with Crippen LogP contribution in [0, 0.1) is 0 Å². The second-order valence-corrected chi connectivity index (χ2v) is 11.7. The van der Waals surface area contributed by atoms with E-state index < -0.39 is 23.8 Å². The van der Waals surface area contributed by atoms with E-state index in [1.165, 1.54) is 4.90 Å². The Hall–Kier alpha value is -3.96. The molecule has 11 heteroatoms. The minimum Gasteiger partial charge on any atom is -0.370 e. The van der Waals surface area contributed by atoms with Crippen LogP contribution in [0.15, 0.2) is 71.6 Å². The molecule has 41 heavy (non-hydrogen) atoms. The number of para-hydroxylation sites is 1. The molecule has 216 valence electrons. The van der Waals surface area contributed by atoms with E-state index in [0.29, 0.717) is 30.2 Å². The third-order valence-electron chi connectivity index (χ3n) is 7.14. The minimum atomic E-state index is -1.15. The van der Waals surface area contributed by atoms with Crippen LogP contribution in [0.1, 0.15) is 43.1 Å². The van der Waals surface area contributed by atoms with Crippen LogP contribution in [0.2, 0.25) is 0 Å². The summed E-state index contributed by atoms with van der Waals surface area (Å²) in [5.74, 6) is -2.17. The molecule has 2 heterocycles. The zero-order valence-electron chi connectivity index (χ0n) is 23.0. The number of aromatic nitrogens is 1. The van der Waals surface area contributed by atoms with E-state index in [2.05, 4.69) is 32.7 Å². The first-order chi connectivity index (χ1) is 19.7. The van der Waals surface area contributed by atoms with Crippen LogP contribution in [-0.2, 0) is 14.4 Å². The van der Waals surface area contributed by atoms with E-state index in [9.17, 15) is 19.2 Å². The van der Waals surface area contributed by atoms with Gasteiger partial charge in [0, 0.05) is 28.1 Å². The van der Waals surface area contributed by atoms with Gasteiger partial charge < -0.3 is 22.1 Å². The van der Waals surface area contributed by atoms with Crippen LogP contribution in [0.3, 0.4) is 0 Å². The van der Waals surface area contributed by atoms with Gasteiger partial charge in [0.2, 0.25) is 17.7 Å². The summed E-state index contributed by atoms with van der Waals surface area (Å²) in [6, 6.07) is 19.0. The van der Waals surface area contributed by atoms with Crippen LogP contribution in [0.25, 0.3) is 10.9 Å². The van der Waals surface area contributed by atoms with E-state index in [-0.39, 0.29) is 30.1 Å². The van der Waals surface area contributed by atoms with Crippen molar-refractivity contribution in [1.29, 1.82) is 0 Å². The SMILES string of the molecule is C[C@@H](CCN1CC[C@@H](Sc2ccccc2)C[C@H]1C(N)=O)NC(=O)[C@H](CC(N)=O)NC(=O)c1ccc2ccccc2n1. The molecule has 6 N–H and O–H groups in total. The normalized spacial score (nSPS) is 18.8. The van der Waals surface area contributed by atoms with Crippen LogP contribution in [0.4, 0.5) is 0 Å². The number of likely N-dealkylation sites (tertiary alicyclic amines) is 1. The molecule has 4 atom stereocenters. The molecule has 1 aromatic heterocycles. The Labute approximate surface area is 243 Å². The van der Waals surface area contributed by atoms with Crippen molar-refractivity contribution in [3.63, 3.8) is 0 Å². The Morgan fingerprint density at radius 3 is 2.46 bits per heavy atom. The van der Waals surface area contributed by atoms with Gasteiger partial charge >= 0.3 is 0 Å². The molecule has 10 nitrogen and oxygen atoms in total. The maximum atomic E-state index is 13.1. The maximum Gasteiger partial charge on any atom is 0.270 e. The molecule has 4 rings (SSSR count). The fourth-order valence-electron chi connectivity index (χ4n) is 4.95. The van der Waals surface area contributed by atoms with Gasteiger partial charge in [0.1, 0.15) is 11.7 Å². The summed E-state index contributed by atoms with van der Waals surface area (Å²) in [7, 11) is 0. The highest BCUT2D eigenvalue weighted by Crippen LogP contribution is 2.32. The second kappa shape index (κ2) is 14.1. The lowest BCUT2D eigenvalue weighted by molar-refractivity contribution is -0.127. The number of pyridine rings is 1. The van der Waals surface area contributed by atoms with Crippen molar-refractivity contribution in [2.75, 3.05) is 13.1 Å². The van der Waals surface area contributed by atoms with Crippen molar-refractivity contribution in [2.24, 2.45) is 11.5 Å². The lowest BCUT2D eigenvalue weighted by atomic mass is 10.00. The first-order valence-corrected chi connectivity index (χ1v) is 14.6. The largest absolute Gasteiger partial charge is 0.370 e. The number of primary amides is 2. The standard InChI is InChI=1S/C30H36N6O4S/c1-19(13-15-36-16-14-22(17-26(36)28(32)38)41-21-8-3-2-4-9-21)33-30(40)25(18-27(31)37)35-29(39)24-12-11-20-7-5-6-10-23(20)34-24/h2-12,19,22,25-26H,13-18H2,1H3,(H2,31,37)(H2,32,38)(H,33,40)(H,35,39)/t19-,22+,25-,26-/m0/s1. The summed E-state index contributed by atoms with van der Waals surface area (Å²) >= 11 is 1.76. The van der Waals surface area contributed by atoms with Crippen molar-refractivity contribution < 1.29 is 19.2 Å². The van der Waals surface area contributed by atoms with Crippen molar-refractivity contribution in [1.82, 2.24) is 20.5 Å². The van der Waals surface area contributed by atoms with E-state index >= 15 is 0 Å². The highest BCUT2D eigenvalue weighted by molar-refractivity contribution is 8.00. The summed E-state index contributed by atoms with van der Waals surface area (Å²) in [6.45, 7) is 3.12. The van der Waals surface area contributed by atoms with Gasteiger partial charge in [-0.2, -0.15) is 0 Å². The number of nitrogens with zero attached hydrogens (tertiary/aromatic N) is 2. The van der Waals surface area contributed by atoms with Crippen LogP contribution in [-0.4, -0.2) is 70.0 Å². The summed E-state index contributed by atoms with van der Waals surface area (Å²) in [5.41, 5.74) is 11.9. The molecule has 0 bridgehead atoms. The van der Waals surface area contributed by atoms with Crippen molar-refractivity contribution >= 4 is 46.3 Å². The van der Waals surface area contributed by atoms with Gasteiger partial charge in [0.25, 0.3) is 5.91 Å². The summed E-state index contributed by atoms with van der Waals surface area (Å²) in [6.07, 6.45) is 1.77. The predicted octanol–water partition coefficient (Wildman–Crippen LogP) is 2.21. The number of nitrogens with one attached hydrogen (secondary N) is 2. The number of piperidine rings is 1. The molecular weight excluding hydrogens is 540 g/mol. The van der Waals surface area contributed by atoms with E-state index in [1.54, 1.807) is 30.0 Å². The van der Waals surface area contributed by atoms with Gasteiger partial charge in [0.15, 0.2) is 0 Å². The quantitative estimate of drug-likeness (QED) is 0.257. The van der Waals surface area contributed by atoms with Crippen molar-refractivity contribution in [2.45, 2.75) is 60.9 Å². The fraction of sp³-hybridized carbons (Fsp3) is 0.367. The van der Waals surface area contributed by atoms with E-state index in [1.807, 2.05) is 43.3 Å². The van der Waals surface area contributed by atoms with Crippen LogP contribution < -0.4 is 22.1 Å². The smallest absolute Gasteiger partial charge is 0.270 e. The summed E-state index contributed by atoms with van der Waals surface area (Å²) in [4.78, 5) is 57.5. The number of nitrogens with two attached hydrogens (primary N) is 2. The molecule has 1 aliphatic heterocycles. The number of carbonyl (C=O) groups excluding carboxylic acids is 4. The molecule has 0 radical (unpaired) electrons. The predicted molar refractivity (Wildman–Crippen MR) is 159 cm³/mol. The van der Waals surface area contributed by atoms with E-state index in [0.717, 1.165) is 18.4 Å². The molecular formula is C30H36N6O4S. The van der Waals surface area contributed by atoms with Crippen molar-refractivity contribution in [3.05, 3.63) is 72.4 Å². The monoisotopic (exact) mass is 576 g/mol. The summed E-state index contributed by atoms with van der Waals surface area (Å²) in [5, 5.41) is 6.63. The molecule has 0 unspecified atom stereocenters. The zero-order valence-corrected chi connectivity index (χ0v) is 23.8. The Morgan fingerprint density at radius 1 is 1.00 bits per heavy atom. The molecule has 1 aliphatic rings. The average Bonchev–Trinajstić information content (AvgIpc) is 2.96. The third-order valence-corrected chi connectivity index (χ3v) is 8.44. The van der Waals surface area contributed by atoms with Gasteiger partial charge in [-0.15, -0.1) is 11.8 Å². The van der Waals surface area contributed by atoms with Crippen molar-refractivity contribution in [3.8, 4) is 0 Å². The number of amides is 4. The van der Waals surface area contributed by atoms with Crippen LogP contribution >= 0.6 is 11.8 Å². The van der Waals surface area contributed by atoms with Gasteiger partial charge in [-0.3, -0.25) is 24.1 Å². The Morgan fingerprint density at radius 2 is 1.73 bits per heavy atom. The molecule has 0 spiro atoms. The number of fused-ring (bicyclic) bond motifs is 1. The van der Waals surface area contributed by atoms with Gasteiger partial charge in [-0.05, 0) is 57.0 Å². The first kappa shape index (κ1) is 30.0. The summed E-state index contributed by atoms with van der Waals surface area (Å²) < 4.78 is 0. The lowest BCUT2D eigenvalue weighted by Crippen LogP contribution is -2.53. The maximum absolute atomic E-state index is 13.1. The Kier molecular flexibility index (Phi) is 10.3. The minimum absolute atomic E-state index is 0.130. The highest BCUT2D eigenvalue weighted by Gasteiger charge is 2.33. The fourth-order valence-corrected chi connectivity index (χ4v) is 6.16. The van der Waals surface area contributed by atoms with Gasteiger partial charge in [-0.25, -0.2) is 4.98 Å². The highest BCUT2D eigenvalue weighted by atomic mass is 32.2. The third kappa shape index (κ3) is 8.51. The second-order valence-electron chi connectivity index (χ2n) is 10.3. The molecule has 1 saturated heterocycles. The average molecular weight is 577 g/mol. The zero-order chi connectivity index (χ0) is 29.4. The van der Waals surface area contributed by atoms with Crippen LogP contribution in [0.5, 0.6) is 0 Å². The molecule has 1 fully saturated rings. The number of benzene rings is 2. The first-order valence-electron chi connectivity index (χ1n) is 13.7.